The first kappa shape index (κ1) is 16.0. The van der Waals surface area contributed by atoms with Gasteiger partial charge in [-0.25, -0.2) is 4.39 Å². The highest BCUT2D eigenvalue weighted by atomic mass is 35.5. The van der Waals surface area contributed by atoms with E-state index in [-0.39, 0.29) is 5.02 Å². The number of rotatable bonds is 6. The number of hydrogen-bond donors (Lipinski definition) is 1. The zero-order valence-corrected chi connectivity index (χ0v) is 13.3. The fourth-order valence-corrected chi connectivity index (χ4v) is 2.85. The van der Waals surface area contributed by atoms with E-state index in [2.05, 4.69) is 18.9 Å². The van der Waals surface area contributed by atoms with E-state index in [0.29, 0.717) is 13.1 Å². The van der Waals surface area contributed by atoms with Gasteiger partial charge in [-0.15, -0.1) is 0 Å². The maximum absolute atomic E-state index is 13.6. The third-order valence-corrected chi connectivity index (χ3v) is 4.09. The molecule has 114 valence electrons. The molecule has 0 atom stereocenters. The summed E-state index contributed by atoms with van der Waals surface area (Å²) in [6.07, 6.45) is 2.56. The van der Waals surface area contributed by atoms with Crippen molar-refractivity contribution in [1.29, 1.82) is 0 Å². The second-order valence-electron chi connectivity index (χ2n) is 4.99. The Kier molecular flexibility index (Phi) is 5.37. The third-order valence-electron chi connectivity index (χ3n) is 3.67. The molecule has 5 heteroatoms. The van der Waals surface area contributed by atoms with E-state index >= 15 is 0 Å². The summed E-state index contributed by atoms with van der Waals surface area (Å²) in [5, 5.41) is 4.84. The zero-order valence-electron chi connectivity index (χ0n) is 12.5. The van der Waals surface area contributed by atoms with Crippen molar-refractivity contribution in [2.45, 2.75) is 39.7 Å². The molecule has 0 unspecified atom stereocenters. The van der Waals surface area contributed by atoms with Crippen LogP contribution in [0.5, 0.6) is 0 Å². The number of aromatic nitrogens is 2. The van der Waals surface area contributed by atoms with Crippen LogP contribution in [-0.4, -0.2) is 16.3 Å². The molecule has 0 fully saturated rings. The van der Waals surface area contributed by atoms with Crippen molar-refractivity contribution >= 4 is 11.6 Å². The van der Waals surface area contributed by atoms with Crippen LogP contribution in [0.3, 0.4) is 0 Å². The number of nitrogens with zero attached hydrogens (tertiary/aromatic N) is 2. The molecule has 0 radical (unpaired) electrons. The van der Waals surface area contributed by atoms with E-state index in [1.165, 1.54) is 11.6 Å². The van der Waals surface area contributed by atoms with Gasteiger partial charge in [-0.3, -0.25) is 4.68 Å². The molecule has 2 N–H and O–H groups in total. The van der Waals surface area contributed by atoms with E-state index in [0.717, 1.165) is 36.2 Å². The van der Waals surface area contributed by atoms with Gasteiger partial charge in [0.05, 0.1) is 17.3 Å². The predicted octanol–water partition coefficient (Wildman–Crippen LogP) is 3.35. The molecule has 2 rings (SSSR count). The smallest absolute Gasteiger partial charge is 0.142 e. The summed E-state index contributed by atoms with van der Waals surface area (Å²) in [6, 6.07) is 4.88. The third kappa shape index (κ3) is 3.27. The molecule has 0 saturated carbocycles. The minimum absolute atomic E-state index is 0.175. The van der Waals surface area contributed by atoms with Gasteiger partial charge in [0.2, 0.25) is 0 Å². The molecule has 21 heavy (non-hydrogen) atoms. The number of aryl methyl sites for hydroxylation is 1. The topological polar surface area (TPSA) is 43.8 Å². The summed E-state index contributed by atoms with van der Waals surface area (Å²) < 4.78 is 15.5. The van der Waals surface area contributed by atoms with Gasteiger partial charge in [0.25, 0.3) is 0 Å². The van der Waals surface area contributed by atoms with E-state index in [1.807, 2.05) is 10.7 Å². The largest absolute Gasteiger partial charge is 0.330 e. The SMILES string of the molecule is CCc1nn(Cc2cccc(F)c2Cl)c(CC)c1CCN. The maximum Gasteiger partial charge on any atom is 0.142 e. The maximum atomic E-state index is 13.6. The molecule has 2 aromatic rings. The van der Waals surface area contributed by atoms with Gasteiger partial charge in [0, 0.05) is 5.69 Å². The van der Waals surface area contributed by atoms with Crippen LogP contribution < -0.4 is 5.73 Å². The van der Waals surface area contributed by atoms with Gasteiger partial charge in [-0.1, -0.05) is 37.6 Å². The Morgan fingerprint density at radius 3 is 2.67 bits per heavy atom. The van der Waals surface area contributed by atoms with Crippen LogP contribution in [0.4, 0.5) is 4.39 Å². The van der Waals surface area contributed by atoms with E-state index in [9.17, 15) is 4.39 Å². The average Bonchev–Trinajstić information content (AvgIpc) is 2.81. The molecule has 0 amide bonds. The Morgan fingerprint density at radius 1 is 1.29 bits per heavy atom. The van der Waals surface area contributed by atoms with Crippen LogP contribution in [0.1, 0.15) is 36.4 Å². The quantitative estimate of drug-likeness (QED) is 0.889. The highest BCUT2D eigenvalue weighted by Gasteiger charge is 2.16. The summed E-state index contributed by atoms with van der Waals surface area (Å²) in [7, 11) is 0. The first-order chi connectivity index (χ1) is 10.1. The summed E-state index contributed by atoms with van der Waals surface area (Å²) in [5.41, 5.74) is 9.92. The average molecular weight is 310 g/mol. The molecule has 0 saturated heterocycles. The summed E-state index contributed by atoms with van der Waals surface area (Å²) in [5.74, 6) is -0.391. The van der Waals surface area contributed by atoms with Crippen molar-refractivity contribution < 1.29 is 4.39 Å². The van der Waals surface area contributed by atoms with Gasteiger partial charge in [0.1, 0.15) is 5.82 Å². The van der Waals surface area contributed by atoms with E-state index in [4.69, 9.17) is 17.3 Å². The molecule has 0 spiro atoms. The molecule has 0 aliphatic carbocycles. The van der Waals surface area contributed by atoms with Gasteiger partial charge < -0.3 is 5.73 Å². The fraction of sp³-hybridized carbons (Fsp3) is 0.438. The van der Waals surface area contributed by atoms with Gasteiger partial charge >= 0.3 is 0 Å². The molecule has 1 aromatic heterocycles. The summed E-state index contributed by atoms with van der Waals surface area (Å²) in [6.45, 7) is 5.27. The standard InChI is InChI=1S/C16H21ClFN3/c1-3-14-12(8-9-19)15(4-2)21(20-14)10-11-6-5-7-13(18)16(11)17/h5-7H,3-4,8-10,19H2,1-2H3. The van der Waals surface area contributed by atoms with Crippen LogP contribution in [-0.2, 0) is 25.8 Å². The minimum Gasteiger partial charge on any atom is -0.330 e. The molecular formula is C16H21ClFN3. The Hall–Kier alpha value is -1.39. The number of benzene rings is 1. The van der Waals surface area contributed by atoms with Crippen LogP contribution in [0.25, 0.3) is 0 Å². The Bertz CT molecular complexity index is 622. The van der Waals surface area contributed by atoms with Crippen LogP contribution >= 0.6 is 11.6 Å². The lowest BCUT2D eigenvalue weighted by atomic mass is 10.1. The Labute approximate surface area is 129 Å². The lowest BCUT2D eigenvalue weighted by Gasteiger charge is -2.09. The normalized spacial score (nSPS) is 11.1. The first-order valence-corrected chi connectivity index (χ1v) is 7.70. The van der Waals surface area contributed by atoms with Crippen molar-refractivity contribution in [1.82, 2.24) is 9.78 Å². The van der Waals surface area contributed by atoms with Crippen molar-refractivity contribution in [3.8, 4) is 0 Å². The second kappa shape index (κ2) is 7.05. The first-order valence-electron chi connectivity index (χ1n) is 7.32. The lowest BCUT2D eigenvalue weighted by molar-refractivity contribution is 0.611. The molecule has 0 aliphatic heterocycles. The lowest BCUT2D eigenvalue weighted by Crippen LogP contribution is -2.09. The number of hydrogen-bond acceptors (Lipinski definition) is 2. The second-order valence-corrected chi connectivity index (χ2v) is 5.37. The van der Waals surface area contributed by atoms with E-state index < -0.39 is 5.82 Å². The van der Waals surface area contributed by atoms with Crippen LogP contribution in [0, 0.1) is 5.82 Å². The van der Waals surface area contributed by atoms with Gasteiger partial charge in [-0.05, 0) is 43.0 Å². The van der Waals surface area contributed by atoms with Gasteiger partial charge in [0.15, 0.2) is 0 Å². The van der Waals surface area contributed by atoms with Crippen molar-refractivity contribution in [2.75, 3.05) is 6.54 Å². The molecular weight excluding hydrogens is 289 g/mol. The van der Waals surface area contributed by atoms with E-state index in [1.54, 1.807) is 6.07 Å². The summed E-state index contributed by atoms with van der Waals surface area (Å²) in [4.78, 5) is 0. The number of halogens is 2. The van der Waals surface area contributed by atoms with Crippen molar-refractivity contribution in [3.63, 3.8) is 0 Å². The van der Waals surface area contributed by atoms with Crippen LogP contribution in [0.15, 0.2) is 18.2 Å². The molecule has 0 aliphatic rings. The molecule has 0 bridgehead atoms. The molecule has 1 aromatic carbocycles. The monoisotopic (exact) mass is 309 g/mol. The predicted molar refractivity (Wildman–Crippen MR) is 84.3 cm³/mol. The highest BCUT2D eigenvalue weighted by Crippen LogP contribution is 2.23. The minimum atomic E-state index is -0.391. The number of nitrogens with two attached hydrogens (primary N) is 1. The van der Waals surface area contributed by atoms with Crippen LogP contribution in [0.2, 0.25) is 5.02 Å². The van der Waals surface area contributed by atoms with Crippen molar-refractivity contribution in [3.05, 3.63) is 51.6 Å². The highest BCUT2D eigenvalue weighted by molar-refractivity contribution is 6.31. The zero-order chi connectivity index (χ0) is 15.4. The Balaban J connectivity index is 2.42. The Morgan fingerprint density at radius 2 is 2.05 bits per heavy atom. The molecule has 3 nitrogen and oxygen atoms in total. The molecule has 1 heterocycles. The fourth-order valence-electron chi connectivity index (χ4n) is 2.66. The van der Waals surface area contributed by atoms with Crippen molar-refractivity contribution in [2.24, 2.45) is 5.73 Å². The van der Waals surface area contributed by atoms with Gasteiger partial charge in [-0.2, -0.15) is 5.10 Å². The summed E-state index contributed by atoms with van der Waals surface area (Å²) >= 11 is 6.04.